The molecule has 0 saturated carbocycles. The number of amides is 2. The molecule has 0 aromatic heterocycles. The van der Waals surface area contributed by atoms with Crippen molar-refractivity contribution < 1.29 is 18.4 Å². The molecule has 2 fully saturated rings. The first-order valence-corrected chi connectivity index (χ1v) is 8.76. The van der Waals surface area contributed by atoms with Crippen molar-refractivity contribution in [3.05, 3.63) is 35.4 Å². The topological polar surface area (TPSA) is 40.6 Å². The Kier molecular flexibility index (Phi) is 4.56. The number of rotatable bonds is 3. The van der Waals surface area contributed by atoms with Gasteiger partial charge in [0.05, 0.1) is 18.4 Å². The summed E-state index contributed by atoms with van der Waals surface area (Å²) in [5.74, 6) is -3.60. The van der Waals surface area contributed by atoms with E-state index in [2.05, 4.69) is 0 Å². The third kappa shape index (κ3) is 3.39. The average Bonchev–Trinajstić information content (AvgIpc) is 2.83. The Morgan fingerprint density at radius 1 is 1.24 bits per heavy atom. The van der Waals surface area contributed by atoms with Crippen LogP contribution in [-0.4, -0.2) is 53.7 Å². The highest BCUT2D eigenvalue weighted by atomic mass is 19.3. The Morgan fingerprint density at radius 3 is 2.60 bits per heavy atom. The van der Waals surface area contributed by atoms with Crippen LogP contribution in [-0.2, 0) is 16.0 Å². The van der Waals surface area contributed by atoms with E-state index in [1.54, 1.807) is 4.90 Å². The van der Waals surface area contributed by atoms with Gasteiger partial charge in [0.1, 0.15) is 0 Å². The molecule has 2 amide bonds. The van der Waals surface area contributed by atoms with Gasteiger partial charge >= 0.3 is 0 Å². The molecule has 4 nitrogen and oxygen atoms in total. The van der Waals surface area contributed by atoms with Crippen molar-refractivity contribution in [1.82, 2.24) is 9.80 Å². The van der Waals surface area contributed by atoms with Crippen LogP contribution in [0.5, 0.6) is 0 Å². The zero-order valence-electron chi connectivity index (χ0n) is 14.7. The van der Waals surface area contributed by atoms with E-state index in [-0.39, 0.29) is 24.8 Å². The van der Waals surface area contributed by atoms with Crippen molar-refractivity contribution >= 4 is 11.8 Å². The summed E-state index contributed by atoms with van der Waals surface area (Å²) in [5.41, 5.74) is 0.672. The van der Waals surface area contributed by atoms with Crippen LogP contribution in [0, 0.1) is 12.3 Å². The van der Waals surface area contributed by atoms with Gasteiger partial charge in [0.15, 0.2) is 0 Å². The second-order valence-corrected chi connectivity index (χ2v) is 7.30. The van der Waals surface area contributed by atoms with Gasteiger partial charge in [0.2, 0.25) is 11.8 Å². The van der Waals surface area contributed by atoms with Crippen LogP contribution in [0.15, 0.2) is 24.3 Å². The molecular weight excluding hydrogens is 326 g/mol. The number of carbonyl (C=O) groups excluding carboxylic acids is 2. The Bertz CT molecular complexity index is 692. The highest BCUT2D eigenvalue weighted by Crippen LogP contribution is 2.45. The molecule has 0 radical (unpaired) electrons. The smallest absolute Gasteiger partial charge is 0.266 e. The van der Waals surface area contributed by atoms with E-state index in [1.165, 1.54) is 4.90 Å². The zero-order valence-corrected chi connectivity index (χ0v) is 14.7. The monoisotopic (exact) mass is 350 g/mol. The molecule has 2 aliphatic rings. The fraction of sp³-hybridized carbons (Fsp3) is 0.579. The second-order valence-electron chi connectivity index (χ2n) is 7.30. The van der Waals surface area contributed by atoms with Crippen LogP contribution in [0.1, 0.15) is 30.9 Å². The molecule has 136 valence electrons. The number of piperidine rings is 1. The lowest BCUT2D eigenvalue weighted by molar-refractivity contribution is -0.162. The SMILES string of the molecule is CCN1CC[C@@]2(CN(C(=O)Cc3ccccc3C)CC(F)(F)C2)C1=O. The fourth-order valence-electron chi connectivity index (χ4n) is 4.07. The van der Waals surface area contributed by atoms with Crippen LogP contribution in [0.2, 0.25) is 0 Å². The second kappa shape index (κ2) is 6.39. The molecule has 1 spiro atoms. The minimum atomic E-state index is -3.03. The number of halogens is 2. The fourth-order valence-corrected chi connectivity index (χ4v) is 4.07. The van der Waals surface area contributed by atoms with Crippen molar-refractivity contribution in [3.8, 4) is 0 Å². The van der Waals surface area contributed by atoms with Gasteiger partial charge in [-0.2, -0.15) is 0 Å². The van der Waals surface area contributed by atoms with Crippen LogP contribution in [0.4, 0.5) is 8.78 Å². The lowest BCUT2D eigenvalue weighted by atomic mass is 9.76. The number of hydrogen-bond acceptors (Lipinski definition) is 2. The molecule has 2 aliphatic heterocycles. The Balaban J connectivity index is 1.81. The molecule has 2 saturated heterocycles. The summed E-state index contributed by atoms with van der Waals surface area (Å²) in [4.78, 5) is 28.1. The summed E-state index contributed by atoms with van der Waals surface area (Å²) in [6, 6.07) is 7.45. The third-order valence-electron chi connectivity index (χ3n) is 5.45. The van der Waals surface area contributed by atoms with Crippen LogP contribution in [0.3, 0.4) is 0 Å². The summed E-state index contributed by atoms with van der Waals surface area (Å²) < 4.78 is 28.7. The van der Waals surface area contributed by atoms with Crippen LogP contribution >= 0.6 is 0 Å². The summed E-state index contributed by atoms with van der Waals surface area (Å²) in [6.45, 7) is 4.25. The minimum absolute atomic E-state index is 0.0878. The molecule has 3 rings (SSSR count). The molecule has 2 heterocycles. The Morgan fingerprint density at radius 2 is 1.96 bits per heavy atom. The van der Waals surface area contributed by atoms with Gasteiger partial charge in [0, 0.05) is 26.1 Å². The first kappa shape index (κ1) is 17.8. The zero-order chi connectivity index (χ0) is 18.2. The lowest BCUT2D eigenvalue weighted by Gasteiger charge is -2.43. The summed E-state index contributed by atoms with van der Waals surface area (Å²) in [7, 11) is 0. The molecule has 0 bridgehead atoms. The average molecular weight is 350 g/mol. The maximum Gasteiger partial charge on any atom is 0.266 e. The van der Waals surface area contributed by atoms with Crippen molar-refractivity contribution in [2.24, 2.45) is 5.41 Å². The van der Waals surface area contributed by atoms with Gasteiger partial charge in [0.25, 0.3) is 5.92 Å². The molecular formula is C19H24F2N2O2. The number of carbonyl (C=O) groups is 2. The van der Waals surface area contributed by atoms with Gasteiger partial charge in [-0.25, -0.2) is 8.78 Å². The van der Waals surface area contributed by atoms with E-state index in [1.807, 2.05) is 38.1 Å². The third-order valence-corrected chi connectivity index (χ3v) is 5.45. The summed E-state index contributed by atoms with van der Waals surface area (Å²) >= 11 is 0. The first-order valence-electron chi connectivity index (χ1n) is 8.76. The molecule has 1 aromatic carbocycles. The predicted molar refractivity (Wildman–Crippen MR) is 90.3 cm³/mol. The van der Waals surface area contributed by atoms with E-state index in [9.17, 15) is 18.4 Å². The van der Waals surface area contributed by atoms with E-state index in [0.717, 1.165) is 11.1 Å². The van der Waals surface area contributed by atoms with Crippen molar-refractivity contribution in [1.29, 1.82) is 0 Å². The number of aryl methyl sites for hydroxylation is 1. The molecule has 0 unspecified atom stereocenters. The van der Waals surface area contributed by atoms with E-state index >= 15 is 0 Å². The van der Waals surface area contributed by atoms with Crippen LogP contribution < -0.4 is 0 Å². The summed E-state index contributed by atoms with van der Waals surface area (Å²) in [6.07, 6.45) is 0.0252. The molecule has 25 heavy (non-hydrogen) atoms. The van der Waals surface area contributed by atoms with Gasteiger partial charge in [-0.15, -0.1) is 0 Å². The molecule has 6 heteroatoms. The normalized spacial score (nSPS) is 25.7. The highest BCUT2D eigenvalue weighted by molar-refractivity contribution is 5.87. The van der Waals surface area contributed by atoms with Crippen LogP contribution in [0.25, 0.3) is 0 Å². The van der Waals surface area contributed by atoms with Crippen molar-refractivity contribution in [2.75, 3.05) is 26.2 Å². The number of alkyl halides is 2. The highest BCUT2D eigenvalue weighted by Gasteiger charge is 2.57. The van der Waals surface area contributed by atoms with E-state index in [0.29, 0.717) is 19.5 Å². The largest absolute Gasteiger partial charge is 0.342 e. The number of benzene rings is 1. The van der Waals surface area contributed by atoms with Gasteiger partial charge < -0.3 is 9.80 Å². The van der Waals surface area contributed by atoms with Gasteiger partial charge in [-0.3, -0.25) is 9.59 Å². The molecule has 0 aliphatic carbocycles. The quantitative estimate of drug-likeness (QED) is 0.841. The predicted octanol–water partition coefficient (Wildman–Crippen LogP) is 2.64. The Labute approximate surface area is 146 Å². The standard InChI is InChI=1S/C19H24F2N2O2/c1-3-22-9-8-18(17(22)25)11-19(20,21)13-23(12-18)16(24)10-15-7-5-4-6-14(15)2/h4-7H,3,8-13H2,1-2H3/t18-/m1/s1. The van der Waals surface area contributed by atoms with E-state index < -0.39 is 24.3 Å². The maximum atomic E-state index is 14.4. The van der Waals surface area contributed by atoms with Crippen molar-refractivity contribution in [2.45, 2.75) is 39.0 Å². The Hall–Kier alpha value is -1.98. The number of likely N-dealkylation sites (tertiary alicyclic amines) is 2. The molecule has 1 aromatic rings. The maximum absolute atomic E-state index is 14.4. The van der Waals surface area contributed by atoms with Crippen molar-refractivity contribution in [3.63, 3.8) is 0 Å². The van der Waals surface area contributed by atoms with E-state index in [4.69, 9.17) is 0 Å². The summed E-state index contributed by atoms with van der Waals surface area (Å²) in [5, 5.41) is 0. The molecule has 0 N–H and O–H groups in total. The molecule has 1 atom stereocenters. The lowest BCUT2D eigenvalue weighted by Crippen LogP contribution is -2.57. The number of nitrogens with zero attached hydrogens (tertiary/aromatic N) is 2. The van der Waals surface area contributed by atoms with Gasteiger partial charge in [-0.05, 0) is 31.4 Å². The van der Waals surface area contributed by atoms with Gasteiger partial charge in [-0.1, -0.05) is 24.3 Å². The first-order chi connectivity index (χ1) is 11.8. The number of hydrogen-bond donors (Lipinski definition) is 0. The minimum Gasteiger partial charge on any atom is -0.342 e.